The van der Waals surface area contributed by atoms with Crippen molar-refractivity contribution in [3.05, 3.63) is 64.2 Å². The second-order valence-electron chi connectivity index (χ2n) is 8.40. The summed E-state index contributed by atoms with van der Waals surface area (Å²) in [6.07, 6.45) is 12.6. The van der Waals surface area contributed by atoms with Crippen LogP contribution in [0.25, 0.3) is 17.2 Å². The standard InChI is InChI=1S/C25H29.2ClH.Zr/c1-18-12-19(2)14-23(13-18)24-11-7-10-22-16-21(17-25(22)24)15-20-8-5-3-4-6-9-20;;;/h7,10-14,16-17,20H,3-6,8-9,15H2,1-2H3;2*1H;. The molecule has 1 atom stereocenters. The van der Waals surface area contributed by atoms with E-state index in [2.05, 4.69) is 56.3 Å². The fourth-order valence-electron chi connectivity index (χ4n) is 4.92. The summed E-state index contributed by atoms with van der Waals surface area (Å²) < 4.78 is 0.673. The summed E-state index contributed by atoms with van der Waals surface area (Å²) in [6.45, 7) is 4.42. The number of benzene rings is 2. The summed E-state index contributed by atoms with van der Waals surface area (Å²) in [5.74, 6) is 0.922. The van der Waals surface area contributed by atoms with Crippen molar-refractivity contribution in [2.45, 2.75) is 62.4 Å². The van der Waals surface area contributed by atoms with Gasteiger partial charge in [-0.1, -0.05) is 0 Å². The van der Waals surface area contributed by atoms with Gasteiger partial charge in [0.1, 0.15) is 0 Å². The summed E-state index contributed by atoms with van der Waals surface area (Å²) in [7, 11) is 0. The van der Waals surface area contributed by atoms with Gasteiger partial charge in [-0.3, -0.25) is 0 Å². The molecule has 0 N–H and O–H groups in total. The molecule has 2 aliphatic carbocycles. The van der Waals surface area contributed by atoms with Crippen LogP contribution in [0.3, 0.4) is 0 Å². The molecule has 28 heavy (non-hydrogen) atoms. The van der Waals surface area contributed by atoms with E-state index in [1.54, 1.807) is 35.9 Å². The van der Waals surface area contributed by atoms with Crippen molar-refractivity contribution in [3.8, 4) is 11.1 Å². The van der Waals surface area contributed by atoms with Gasteiger partial charge in [-0.25, -0.2) is 0 Å². The van der Waals surface area contributed by atoms with Crippen LogP contribution in [0.1, 0.15) is 70.8 Å². The molecule has 2 aliphatic rings. The summed E-state index contributed by atoms with van der Waals surface area (Å²) in [5.41, 5.74) is 10.3. The van der Waals surface area contributed by atoms with Crippen LogP contribution in [0.5, 0.6) is 0 Å². The number of allylic oxidation sites excluding steroid dienone is 1. The van der Waals surface area contributed by atoms with E-state index < -0.39 is 0 Å². The molecule has 0 spiro atoms. The third-order valence-corrected chi connectivity index (χ3v) is 7.86. The summed E-state index contributed by atoms with van der Waals surface area (Å²) >= 11 is 1.65. The monoisotopic (exact) mass is 491 g/mol. The van der Waals surface area contributed by atoms with Crippen molar-refractivity contribution < 1.29 is 24.7 Å². The molecule has 1 saturated carbocycles. The Hall–Kier alpha value is -0.357. The second kappa shape index (κ2) is 10.6. The van der Waals surface area contributed by atoms with E-state index in [-0.39, 0.29) is 24.8 Å². The van der Waals surface area contributed by atoms with Gasteiger partial charge in [0.2, 0.25) is 0 Å². The first-order valence-electron chi connectivity index (χ1n) is 10.2. The topological polar surface area (TPSA) is 0 Å². The fourth-order valence-corrected chi connectivity index (χ4v) is 6.04. The molecule has 1 unspecified atom stereocenters. The van der Waals surface area contributed by atoms with Crippen molar-refractivity contribution in [1.29, 1.82) is 0 Å². The maximum atomic E-state index is 2.56. The Morgan fingerprint density at radius 2 is 1.54 bits per heavy atom. The molecule has 0 aliphatic heterocycles. The number of fused-ring (bicyclic) bond motifs is 1. The molecule has 0 heterocycles. The van der Waals surface area contributed by atoms with Gasteiger partial charge in [0.25, 0.3) is 0 Å². The molecule has 0 radical (unpaired) electrons. The predicted molar refractivity (Wildman–Crippen MR) is 122 cm³/mol. The van der Waals surface area contributed by atoms with E-state index in [0.717, 1.165) is 5.92 Å². The van der Waals surface area contributed by atoms with Crippen molar-refractivity contribution in [3.63, 3.8) is 0 Å². The quantitative estimate of drug-likeness (QED) is 0.378. The van der Waals surface area contributed by atoms with Crippen LogP contribution in [-0.2, 0) is 24.7 Å². The largest absolute Gasteiger partial charge is 0.147 e. The van der Waals surface area contributed by atoms with E-state index in [1.165, 1.54) is 72.8 Å². The van der Waals surface area contributed by atoms with Gasteiger partial charge < -0.3 is 0 Å². The molecular weight excluding hydrogens is 462 g/mol. The van der Waals surface area contributed by atoms with Gasteiger partial charge in [0, 0.05) is 0 Å². The van der Waals surface area contributed by atoms with Crippen molar-refractivity contribution in [2.75, 3.05) is 0 Å². The maximum Gasteiger partial charge on any atom is -0.147 e. The normalized spacial score (nSPS) is 19.0. The zero-order chi connectivity index (χ0) is 18.1. The van der Waals surface area contributed by atoms with Gasteiger partial charge in [-0.05, 0) is 0 Å². The zero-order valence-corrected chi connectivity index (χ0v) is 21.1. The summed E-state index contributed by atoms with van der Waals surface area (Å²) in [6, 6.07) is 13.9. The van der Waals surface area contributed by atoms with Gasteiger partial charge in [0.05, 0.1) is 0 Å². The maximum absolute atomic E-state index is 2.56. The molecule has 3 heteroatoms. The first-order chi connectivity index (χ1) is 12.6. The van der Waals surface area contributed by atoms with Gasteiger partial charge >= 0.3 is 174 Å². The van der Waals surface area contributed by atoms with Gasteiger partial charge in [0.15, 0.2) is 0 Å². The zero-order valence-electron chi connectivity index (χ0n) is 17.0. The van der Waals surface area contributed by atoms with Crippen LogP contribution in [0.15, 0.2) is 42.0 Å². The number of halogens is 2. The predicted octanol–water partition coefficient (Wildman–Crippen LogP) is 8.16. The molecule has 1 fully saturated rings. The minimum Gasteiger partial charge on any atom is -0.147 e. The van der Waals surface area contributed by atoms with Crippen LogP contribution in [-0.4, -0.2) is 0 Å². The van der Waals surface area contributed by atoms with Crippen molar-refractivity contribution in [2.24, 2.45) is 5.92 Å². The second-order valence-corrected chi connectivity index (χ2v) is 9.82. The molecule has 0 nitrogen and oxygen atoms in total. The minimum absolute atomic E-state index is 0. The summed E-state index contributed by atoms with van der Waals surface area (Å²) in [4.78, 5) is 0. The average molecular weight is 494 g/mol. The van der Waals surface area contributed by atoms with Crippen molar-refractivity contribution in [1.82, 2.24) is 0 Å². The SMILES string of the molecule is Cc1cc(C)cc(-c2cccc3c2C=C(CC2CCCCCC2)[CH]3[Zr])c1.Cl.Cl. The van der Waals surface area contributed by atoms with Crippen LogP contribution >= 0.6 is 24.8 Å². The van der Waals surface area contributed by atoms with Crippen LogP contribution in [0, 0.1) is 19.8 Å². The average Bonchev–Trinajstić information content (AvgIpc) is 2.78. The molecule has 0 aromatic heterocycles. The number of rotatable bonds is 3. The van der Waals surface area contributed by atoms with E-state index in [4.69, 9.17) is 0 Å². The first kappa shape index (κ1) is 23.9. The molecule has 2 aromatic carbocycles. The molecule has 149 valence electrons. The smallest absolute Gasteiger partial charge is 0.147 e. The minimum atomic E-state index is 0. The number of aryl methyl sites for hydroxylation is 2. The molecule has 0 bridgehead atoms. The Morgan fingerprint density at radius 3 is 2.18 bits per heavy atom. The van der Waals surface area contributed by atoms with Crippen LogP contribution in [0.4, 0.5) is 0 Å². The third-order valence-electron chi connectivity index (χ3n) is 6.18. The Morgan fingerprint density at radius 1 is 0.893 bits per heavy atom. The molecular formula is C25H31Cl2Zr. The molecule has 0 saturated heterocycles. The van der Waals surface area contributed by atoms with E-state index in [0.29, 0.717) is 3.63 Å². The number of hydrogen-bond acceptors (Lipinski definition) is 0. The van der Waals surface area contributed by atoms with E-state index >= 15 is 0 Å². The fraction of sp³-hybridized carbons (Fsp3) is 0.440. The molecule has 4 rings (SSSR count). The first-order valence-corrected chi connectivity index (χ1v) is 11.7. The van der Waals surface area contributed by atoms with E-state index in [9.17, 15) is 0 Å². The Bertz CT molecular complexity index is 812. The Kier molecular flexibility index (Phi) is 9.06. The Labute approximate surface area is 198 Å². The van der Waals surface area contributed by atoms with Crippen molar-refractivity contribution >= 4 is 30.9 Å². The summed E-state index contributed by atoms with van der Waals surface area (Å²) in [5, 5.41) is 0. The van der Waals surface area contributed by atoms with E-state index in [1.807, 2.05) is 0 Å². The van der Waals surface area contributed by atoms with Gasteiger partial charge in [-0.15, -0.1) is 24.8 Å². The van der Waals surface area contributed by atoms with Gasteiger partial charge in [-0.2, -0.15) is 0 Å². The van der Waals surface area contributed by atoms with Crippen LogP contribution < -0.4 is 0 Å². The Balaban J connectivity index is 0.00000140. The molecule has 0 amide bonds. The number of hydrogen-bond donors (Lipinski definition) is 0. The third kappa shape index (κ3) is 5.22. The molecule has 2 aromatic rings. The van der Waals surface area contributed by atoms with Crippen LogP contribution in [0.2, 0.25) is 0 Å².